The number of amides is 2. The van der Waals surface area contributed by atoms with Crippen LogP contribution >= 0.6 is 0 Å². The number of hydrogen-bond donors (Lipinski definition) is 2. The summed E-state index contributed by atoms with van der Waals surface area (Å²) >= 11 is 0. The van der Waals surface area contributed by atoms with Crippen LogP contribution in [0.3, 0.4) is 0 Å². The Hall–Kier alpha value is -4.28. The Morgan fingerprint density at radius 3 is 2.49 bits per heavy atom. The molecule has 3 aromatic carbocycles. The van der Waals surface area contributed by atoms with Gasteiger partial charge in [0.1, 0.15) is 11.5 Å². The number of imide groups is 1. The fourth-order valence-electron chi connectivity index (χ4n) is 6.34. The zero-order chi connectivity index (χ0) is 27.3. The predicted molar refractivity (Wildman–Crippen MR) is 138 cm³/mol. The second kappa shape index (κ2) is 9.48. The number of phenols is 1. The smallest absolute Gasteiger partial charge is 0.271 e. The Kier molecular flexibility index (Phi) is 6.08. The number of non-ortho nitro benzene ring substituents is 1. The number of para-hydroxylation sites is 2. The van der Waals surface area contributed by atoms with Gasteiger partial charge in [-0.05, 0) is 37.1 Å². The molecular weight excluding hydrogens is 504 g/mol. The molecule has 0 spiro atoms. The molecule has 6 rings (SSSR count). The molecule has 3 fully saturated rings. The molecule has 2 saturated heterocycles. The third-order valence-corrected chi connectivity index (χ3v) is 8.14. The van der Waals surface area contributed by atoms with Crippen LogP contribution in [0.4, 0.5) is 11.4 Å². The Bertz CT molecular complexity index is 1450. The Morgan fingerprint density at radius 1 is 1.00 bits per heavy atom. The van der Waals surface area contributed by atoms with E-state index >= 15 is 0 Å². The van der Waals surface area contributed by atoms with E-state index in [0.29, 0.717) is 11.3 Å². The summed E-state index contributed by atoms with van der Waals surface area (Å²) in [4.78, 5) is 39.2. The number of carbonyl (C=O) groups is 2. The van der Waals surface area contributed by atoms with Crippen LogP contribution in [0.2, 0.25) is 0 Å². The molecule has 1 saturated carbocycles. The van der Waals surface area contributed by atoms with Crippen molar-refractivity contribution < 1.29 is 34.2 Å². The monoisotopic (exact) mass is 530 g/mol. The molecule has 2 amide bonds. The highest BCUT2D eigenvalue weighted by atomic mass is 16.6. The van der Waals surface area contributed by atoms with E-state index in [9.17, 15) is 29.9 Å². The molecule has 0 aromatic heterocycles. The van der Waals surface area contributed by atoms with Crippen LogP contribution in [0, 0.1) is 33.8 Å². The molecular formula is C29H26N2O8. The van der Waals surface area contributed by atoms with Crippen molar-refractivity contribution in [3.63, 3.8) is 0 Å². The Morgan fingerprint density at radius 2 is 1.74 bits per heavy atom. The first-order valence-corrected chi connectivity index (χ1v) is 12.8. The van der Waals surface area contributed by atoms with Crippen molar-refractivity contribution in [1.29, 1.82) is 0 Å². The summed E-state index contributed by atoms with van der Waals surface area (Å²) in [7, 11) is 0. The van der Waals surface area contributed by atoms with Crippen molar-refractivity contribution in [1.82, 2.24) is 0 Å². The average molecular weight is 531 g/mol. The van der Waals surface area contributed by atoms with E-state index in [2.05, 4.69) is 0 Å². The highest BCUT2D eigenvalue weighted by Crippen LogP contribution is 2.59. The average Bonchev–Trinajstić information content (AvgIpc) is 3.41. The van der Waals surface area contributed by atoms with Gasteiger partial charge in [-0.15, -0.1) is 0 Å². The minimum atomic E-state index is -1.81. The summed E-state index contributed by atoms with van der Waals surface area (Å²) in [6, 6.07) is 21.1. The molecule has 1 aliphatic carbocycles. The van der Waals surface area contributed by atoms with Gasteiger partial charge in [-0.2, -0.15) is 0 Å². The van der Waals surface area contributed by atoms with E-state index in [1.807, 2.05) is 18.2 Å². The molecule has 3 aromatic rings. The minimum Gasteiger partial charge on any atom is -0.508 e. The first kappa shape index (κ1) is 25.0. The molecule has 2 heterocycles. The molecule has 6 atom stereocenters. The van der Waals surface area contributed by atoms with Crippen LogP contribution in [0.5, 0.6) is 11.5 Å². The topological polar surface area (TPSA) is 139 Å². The second-order valence-corrected chi connectivity index (χ2v) is 10.2. The molecule has 2 N–H and O–H groups in total. The lowest BCUT2D eigenvalue weighted by molar-refractivity contribution is -0.384. The van der Waals surface area contributed by atoms with Gasteiger partial charge in [0, 0.05) is 29.5 Å². The molecule has 0 unspecified atom stereocenters. The minimum absolute atomic E-state index is 0.00503. The van der Waals surface area contributed by atoms with Crippen LogP contribution < -0.4 is 9.64 Å². The summed E-state index contributed by atoms with van der Waals surface area (Å²) < 4.78 is 12.2. The van der Waals surface area contributed by atoms with E-state index in [-0.39, 0.29) is 36.6 Å². The standard InChI is InChI=1S/C29H26N2O8/c32-24-12-5-4-11-21(24)25-15-23-26-22(13-17(29(23,35)39-25)16-38-20-9-2-1-3-10-20)27(33)30(28(26)34)18-7-6-8-19(14-18)31(36)37/h1-12,14,17,22-23,25-26,32,35H,13,15-16H2/t17-,22+,23+,25+,26+,29-/m1/s1. The number of fused-ring (bicyclic) bond motifs is 3. The third kappa shape index (κ3) is 4.12. The number of benzene rings is 3. The molecule has 10 nitrogen and oxygen atoms in total. The van der Waals surface area contributed by atoms with Gasteiger partial charge < -0.3 is 19.7 Å². The van der Waals surface area contributed by atoms with Crippen molar-refractivity contribution in [2.75, 3.05) is 11.5 Å². The zero-order valence-electron chi connectivity index (χ0n) is 20.8. The van der Waals surface area contributed by atoms with Crippen LogP contribution in [-0.2, 0) is 14.3 Å². The van der Waals surface area contributed by atoms with Crippen molar-refractivity contribution in [2.24, 2.45) is 23.7 Å². The molecule has 0 bridgehead atoms. The Labute approximate surface area is 223 Å². The highest BCUT2D eigenvalue weighted by molar-refractivity contribution is 6.22. The van der Waals surface area contributed by atoms with E-state index in [1.165, 1.54) is 30.3 Å². The van der Waals surface area contributed by atoms with Crippen LogP contribution in [-0.4, -0.2) is 39.3 Å². The number of phenolic OH excluding ortho intramolecular Hbond substituents is 1. The Balaban J connectivity index is 1.37. The van der Waals surface area contributed by atoms with Gasteiger partial charge in [0.05, 0.1) is 35.2 Å². The number of nitro benzene ring substituents is 1. The van der Waals surface area contributed by atoms with Crippen molar-refractivity contribution in [3.05, 3.63) is 94.5 Å². The quantitative estimate of drug-likeness (QED) is 0.277. The van der Waals surface area contributed by atoms with Crippen LogP contribution in [0.1, 0.15) is 24.5 Å². The predicted octanol–water partition coefficient (Wildman–Crippen LogP) is 3.97. The maximum Gasteiger partial charge on any atom is 0.271 e. The summed E-state index contributed by atoms with van der Waals surface area (Å²) in [5.41, 5.74) is 0.356. The number of hydrogen-bond acceptors (Lipinski definition) is 8. The summed E-state index contributed by atoms with van der Waals surface area (Å²) in [6.07, 6.45) is -0.402. The first-order valence-electron chi connectivity index (χ1n) is 12.8. The number of carbonyl (C=O) groups excluding carboxylic acids is 2. The lowest BCUT2D eigenvalue weighted by Gasteiger charge is -2.44. The summed E-state index contributed by atoms with van der Waals surface area (Å²) in [5, 5.41) is 33.9. The van der Waals surface area contributed by atoms with Gasteiger partial charge in [0.15, 0.2) is 5.79 Å². The van der Waals surface area contributed by atoms with Crippen molar-refractivity contribution in [3.8, 4) is 11.5 Å². The maximum atomic E-state index is 13.8. The van der Waals surface area contributed by atoms with Gasteiger partial charge in [-0.1, -0.05) is 42.5 Å². The normalized spacial score (nSPS) is 29.7. The maximum absolute atomic E-state index is 13.8. The molecule has 2 aliphatic heterocycles. The first-order chi connectivity index (χ1) is 18.8. The number of aromatic hydroxyl groups is 1. The highest BCUT2D eigenvalue weighted by Gasteiger charge is 2.67. The zero-order valence-corrected chi connectivity index (χ0v) is 20.8. The summed E-state index contributed by atoms with van der Waals surface area (Å²) in [5.74, 6) is -5.32. The van der Waals surface area contributed by atoms with Gasteiger partial charge in [-0.25, -0.2) is 4.90 Å². The van der Waals surface area contributed by atoms with Gasteiger partial charge >= 0.3 is 0 Å². The third-order valence-electron chi connectivity index (χ3n) is 8.14. The molecule has 0 radical (unpaired) electrons. The number of nitro groups is 1. The van der Waals surface area contributed by atoms with E-state index in [0.717, 1.165) is 4.90 Å². The van der Waals surface area contributed by atoms with E-state index < -0.39 is 52.3 Å². The molecule has 200 valence electrons. The van der Waals surface area contributed by atoms with E-state index in [4.69, 9.17) is 9.47 Å². The molecule has 3 aliphatic rings. The number of anilines is 1. The summed E-state index contributed by atoms with van der Waals surface area (Å²) in [6.45, 7) is 0.0337. The van der Waals surface area contributed by atoms with Crippen LogP contribution in [0.15, 0.2) is 78.9 Å². The number of aliphatic hydroxyl groups is 1. The van der Waals surface area contributed by atoms with Gasteiger partial charge in [0.25, 0.3) is 5.69 Å². The SMILES string of the molecule is O=C1[C@H]2[C@H](C[C@H](COc3ccccc3)[C@@]3(O)O[C@H](c4ccccc4O)C[C@@H]23)C(=O)N1c1cccc([N+](=O)[O-])c1. The second-order valence-electron chi connectivity index (χ2n) is 10.2. The molecule has 10 heteroatoms. The number of rotatable bonds is 6. The lowest BCUT2D eigenvalue weighted by atomic mass is 9.64. The van der Waals surface area contributed by atoms with E-state index in [1.54, 1.807) is 30.3 Å². The fourth-order valence-corrected chi connectivity index (χ4v) is 6.34. The molecule has 39 heavy (non-hydrogen) atoms. The fraction of sp³-hybridized carbons (Fsp3) is 0.310. The van der Waals surface area contributed by atoms with Crippen molar-refractivity contribution >= 4 is 23.2 Å². The largest absolute Gasteiger partial charge is 0.508 e. The van der Waals surface area contributed by atoms with Crippen molar-refractivity contribution in [2.45, 2.75) is 24.7 Å². The van der Waals surface area contributed by atoms with Gasteiger partial charge in [0.2, 0.25) is 11.8 Å². The number of nitrogens with zero attached hydrogens (tertiary/aromatic N) is 2. The van der Waals surface area contributed by atoms with Gasteiger partial charge in [-0.3, -0.25) is 19.7 Å². The lowest BCUT2D eigenvalue weighted by Crippen LogP contribution is -2.55. The number of ether oxygens (including phenoxy) is 2. The van der Waals surface area contributed by atoms with Crippen LogP contribution in [0.25, 0.3) is 0 Å².